The molecule has 0 atom stereocenters. The molecule has 6 heteroatoms. The van der Waals surface area contributed by atoms with E-state index in [1.54, 1.807) is 0 Å². The first-order chi connectivity index (χ1) is 6.50. The van der Waals surface area contributed by atoms with Crippen LogP contribution < -0.4 is 5.32 Å². The molecule has 0 spiro atoms. The van der Waals surface area contributed by atoms with Crippen molar-refractivity contribution in [3.05, 3.63) is 23.2 Å². The standard InChI is InChI=1S/C8H6ClNO3S/c9-5-2-1-3-6-8(5)10-7(11)4-14(6,12)13/h1-3H,4H2,(H,10,11). The molecule has 0 unspecified atom stereocenters. The van der Waals surface area contributed by atoms with E-state index in [1.165, 1.54) is 18.2 Å². The Morgan fingerprint density at radius 3 is 2.79 bits per heavy atom. The van der Waals surface area contributed by atoms with Crippen LogP contribution in [-0.4, -0.2) is 20.1 Å². The number of carbonyl (C=O) groups excluding carboxylic acids is 1. The van der Waals surface area contributed by atoms with Gasteiger partial charge in [-0.2, -0.15) is 0 Å². The topological polar surface area (TPSA) is 63.2 Å². The fourth-order valence-electron chi connectivity index (χ4n) is 1.31. The predicted molar refractivity (Wildman–Crippen MR) is 52.1 cm³/mol. The number of halogens is 1. The van der Waals surface area contributed by atoms with Crippen LogP contribution in [0, 0.1) is 0 Å². The molecule has 0 bridgehead atoms. The highest BCUT2D eigenvalue weighted by Gasteiger charge is 2.29. The number of hydrogen-bond acceptors (Lipinski definition) is 3. The van der Waals surface area contributed by atoms with E-state index in [0.29, 0.717) is 0 Å². The lowest BCUT2D eigenvalue weighted by atomic mass is 10.3. The molecular weight excluding hydrogens is 226 g/mol. The van der Waals surface area contributed by atoms with Gasteiger partial charge in [0.1, 0.15) is 5.75 Å². The second kappa shape index (κ2) is 2.96. The Balaban J connectivity index is 2.76. The Labute approximate surface area is 85.8 Å². The van der Waals surface area contributed by atoms with Gasteiger partial charge in [0.05, 0.1) is 15.6 Å². The lowest BCUT2D eigenvalue weighted by Crippen LogP contribution is -2.29. The van der Waals surface area contributed by atoms with Gasteiger partial charge in [-0.3, -0.25) is 4.79 Å². The molecule has 1 amide bonds. The van der Waals surface area contributed by atoms with Gasteiger partial charge in [0.25, 0.3) is 0 Å². The van der Waals surface area contributed by atoms with Crippen molar-refractivity contribution in [2.24, 2.45) is 0 Å². The number of carbonyl (C=O) groups is 1. The van der Waals surface area contributed by atoms with Crippen molar-refractivity contribution in [1.29, 1.82) is 0 Å². The van der Waals surface area contributed by atoms with Gasteiger partial charge in [0.2, 0.25) is 5.91 Å². The Hall–Kier alpha value is -1.07. The molecule has 14 heavy (non-hydrogen) atoms. The number of rotatable bonds is 0. The maximum absolute atomic E-state index is 11.5. The highest BCUT2D eigenvalue weighted by atomic mass is 35.5. The van der Waals surface area contributed by atoms with E-state index in [9.17, 15) is 13.2 Å². The van der Waals surface area contributed by atoms with Crippen LogP contribution in [0.15, 0.2) is 23.1 Å². The van der Waals surface area contributed by atoms with Crippen molar-refractivity contribution in [3.8, 4) is 0 Å². The number of amides is 1. The number of benzene rings is 1. The van der Waals surface area contributed by atoms with Gasteiger partial charge < -0.3 is 5.32 Å². The zero-order chi connectivity index (χ0) is 10.3. The van der Waals surface area contributed by atoms with Crippen molar-refractivity contribution in [3.63, 3.8) is 0 Å². The fourth-order valence-corrected chi connectivity index (χ4v) is 2.92. The Kier molecular flexibility index (Phi) is 2.01. The zero-order valence-electron chi connectivity index (χ0n) is 6.95. The van der Waals surface area contributed by atoms with Crippen LogP contribution in [0.1, 0.15) is 0 Å². The largest absolute Gasteiger partial charge is 0.323 e. The minimum atomic E-state index is -3.51. The average molecular weight is 232 g/mol. The quantitative estimate of drug-likeness (QED) is 0.726. The SMILES string of the molecule is O=C1CS(=O)(=O)c2cccc(Cl)c2N1. The third-order valence-corrected chi connectivity index (χ3v) is 3.86. The summed E-state index contributed by atoms with van der Waals surface area (Å²) < 4.78 is 23.0. The minimum absolute atomic E-state index is 0.0876. The molecule has 74 valence electrons. The summed E-state index contributed by atoms with van der Waals surface area (Å²) >= 11 is 5.76. The van der Waals surface area contributed by atoms with Gasteiger partial charge in [0, 0.05) is 0 Å². The van der Waals surface area contributed by atoms with Crippen LogP contribution in [0.3, 0.4) is 0 Å². The first-order valence-corrected chi connectivity index (χ1v) is 5.85. The molecule has 0 radical (unpaired) electrons. The Bertz CT molecular complexity index is 509. The molecule has 1 aliphatic rings. The summed E-state index contributed by atoms with van der Waals surface area (Å²) in [6.45, 7) is 0. The molecule has 0 saturated carbocycles. The van der Waals surface area contributed by atoms with Crippen LogP contribution >= 0.6 is 11.6 Å². The third-order valence-electron chi connectivity index (χ3n) is 1.90. The molecule has 1 aliphatic heterocycles. The van der Waals surface area contributed by atoms with E-state index in [4.69, 9.17) is 11.6 Å². The molecule has 0 aromatic heterocycles. The van der Waals surface area contributed by atoms with Crippen LogP contribution in [0.25, 0.3) is 0 Å². The molecule has 4 nitrogen and oxygen atoms in total. The monoisotopic (exact) mass is 231 g/mol. The van der Waals surface area contributed by atoms with Crippen molar-refractivity contribution in [1.82, 2.24) is 0 Å². The molecular formula is C8H6ClNO3S. The smallest absolute Gasteiger partial charge is 0.240 e. The second-order valence-corrected chi connectivity index (χ2v) is 5.29. The van der Waals surface area contributed by atoms with Crippen molar-refractivity contribution < 1.29 is 13.2 Å². The molecule has 1 aromatic rings. The van der Waals surface area contributed by atoms with Crippen molar-refractivity contribution in [2.75, 3.05) is 11.1 Å². The maximum atomic E-state index is 11.5. The van der Waals surface area contributed by atoms with Gasteiger partial charge >= 0.3 is 0 Å². The Morgan fingerprint density at radius 1 is 1.36 bits per heavy atom. The van der Waals surface area contributed by atoms with Crippen LogP contribution in [0.2, 0.25) is 5.02 Å². The van der Waals surface area contributed by atoms with E-state index >= 15 is 0 Å². The van der Waals surface area contributed by atoms with Gasteiger partial charge in [0.15, 0.2) is 9.84 Å². The molecule has 0 saturated heterocycles. The first kappa shape index (κ1) is 9.48. The lowest BCUT2D eigenvalue weighted by Gasteiger charge is -2.17. The molecule has 1 heterocycles. The average Bonchev–Trinajstić information content (AvgIpc) is 2.05. The molecule has 2 rings (SSSR count). The van der Waals surface area contributed by atoms with E-state index in [-0.39, 0.29) is 15.6 Å². The number of fused-ring (bicyclic) bond motifs is 1. The van der Waals surface area contributed by atoms with Gasteiger partial charge in [-0.1, -0.05) is 17.7 Å². The number of anilines is 1. The van der Waals surface area contributed by atoms with Gasteiger partial charge in [-0.15, -0.1) is 0 Å². The fraction of sp³-hybridized carbons (Fsp3) is 0.125. The lowest BCUT2D eigenvalue weighted by molar-refractivity contribution is -0.114. The highest BCUT2D eigenvalue weighted by molar-refractivity contribution is 7.92. The summed E-state index contributed by atoms with van der Waals surface area (Å²) in [5, 5.41) is 2.67. The van der Waals surface area contributed by atoms with Gasteiger partial charge in [-0.25, -0.2) is 8.42 Å². The molecule has 0 aliphatic carbocycles. The van der Waals surface area contributed by atoms with Crippen LogP contribution in [0.5, 0.6) is 0 Å². The van der Waals surface area contributed by atoms with Crippen molar-refractivity contribution >= 4 is 33.0 Å². The van der Waals surface area contributed by atoms with E-state index < -0.39 is 21.5 Å². The highest BCUT2D eigenvalue weighted by Crippen LogP contribution is 2.32. The molecule has 1 N–H and O–H groups in total. The van der Waals surface area contributed by atoms with Gasteiger partial charge in [-0.05, 0) is 12.1 Å². The summed E-state index contributed by atoms with van der Waals surface area (Å²) in [7, 11) is -3.51. The molecule has 1 aromatic carbocycles. The van der Waals surface area contributed by atoms with E-state index in [1.807, 2.05) is 0 Å². The number of sulfone groups is 1. The summed E-state index contributed by atoms with van der Waals surface area (Å²) in [5.41, 5.74) is 0.186. The number of hydrogen-bond donors (Lipinski definition) is 1. The van der Waals surface area contributed by atoms with Crippen LogP contribution in [0.4, 0.5) is 5.69 Å². The normalized spacial score (nSPS) is 18.5. The minimum Gasteiger partial charge on any atom is -0.323 e. The zero-order valence-corrected chi connectivity index (χ0v) is 8.52. The Morgan fingerprint density at radius 2 is 2.07 bits per heavy atom. The van der Waals surface area contributed by atoms with Crippen LogP contribution in [-0.2, 0) is 14.6 Å². The first-order valence-electron chi connectivity index (χ1n) is 3.82. The summed E-state index contributed by atoms with van der Waals surface area (Å²) in [5.74, 6) is -1.06. The number of para-hydroxylation sites is 1. The number of nitrogens with one attached hydrogen (secondary N) is 1. The second-order valence-electron chi connectivity index (χ2n) is 2.92. The van der Waals surface area contributed by atoms with E-state index in [0.717, 1.165) is 0 Å². The van der Waals surface area contributed by atoms with E-state index in [2.05, 4.69) is 5.32 Å². The summed E-state index contributed by atoms with van der Waals surface area (Å²) in [6.07, 6.45) is 0. The maximum Gasteiger partial charge on any atom is 0.240 e. The molecule has 0 fully saturated rings. The van der Waals surface area contributed by atoms with Crippen molar-refractivity contribution in [2.45, 2.75) is 4.90 Å². The predicted octanol–water partition coefficient (Wildman–Crippen LogP) is 1.07. The summed E-state index contributed by atoms with van der Waals surface area (Å²) in [4.78, 5) is 11.1. The third kappa shape index (κ3) is 1.38. The summed E-state index contributed by atoms with van der Waals surface area (Å²) in [6, 6.07) is 4.49.